The standard InChI is InChI=1S/C17H23BrN4S2/c1-2-19-17(20-11-15-10-13(18)12-24-15)21-14-5-7-22(8-6-14)16-4-3-9-23-16/h3-4,9-10,12,14H,2,5-8,11H2,1H3,(H2,19,20,21). The molecule has 0 aliphatic carbocycles. The maximum atomic E-state index is 4.73. The van der Waals surface area contributed by atoms with Crippen LogP contribution in [-0.2, 0) is 6.54 Å². The molecule has 2 aromatic heterocycles. The molecular formula is C17H23BrN4S2. The summed E-state index contributed by atoms with van der Waals surface area (Å²) in [4.78, 5) is 8.48. The number of hydrogen-bond acceptors (Lipinski definition) is 4. The fourth-order valence-corrected chi connectivity index (χ4v) is 4.96. The normalized spacial score (nSPS) is 16.4. The fraction of sp³-hybridized carbons (Fsp3) is 0.471. The molecule has 0 amide bonds. The molecule has 1 saturated heterocycles. The first-order chi connectivity index (χ1) is 11.7. The van der Waals surface area contributed by atoms with Crippen molar-refractivity contribution in [3.8, 4) is 0 Å². The molecular weight excluding hydrogens is 404 g/mol. The number of hydrogen-bond donors (Lipinski definition) is 2. The van der Waals surface area contributed by atoms with E-state index in [9.17, 15) is 0 Å². The van der Waals surface area contributed by atoms with Gasteiger partial charge in [0.1, 0.15) is 0 Å². The summed E-state index contributed by atoms with van der Waals surface area (Å²) in [7, 11) is 0. The maximum Gasteiger partial charge on any atom is 0.191 e. The van der Waals surface area contributed by atoms with E-state index in [1.54, 1.807) is 11.3 Å². The second-order valence-electron chi connectivity index (χ2n) is 5.78. The van der Waals surface area contributed by atoms with Crippen molar-refractivity contribution in [3.05, 3.63) is 38.3 Å². The number of thiophene rings is 2. The van der Waals surface area contributed by atoms with E-state index in [0.717, 1.165) is 49.5 Å². The summed E-state index contributed by atoms with van der Waals surface area (Å²) < 4.78 is 1.14. The van der Waals surface area contributed by atoms with E-state index in [4.69, 9.17) is 4.99 Å². The summed E-state index contributed by atoms with van der Waals surface area (Å²) in [5, 5.41) is 12.6. The Labute approximate surface area is 160 Å². The van der Waals surface area contributed by atoms with Gasteiger partial charge in [-0.2, -0.15) is 0 Å². The lowest BCUT2D eigenvalue weighted by molar-refractivity contribution is 0.463. The van der Waals surface area contributed by atoms with E-state index in [1.807, 2.05) is 11.3 Å². The zero-order chi connectivity index (χ0) is 16.8. The van der Waals surface area contributed by atoms with Crippen LogP contribution in [0.15, 0.2) is 38.4 Å². The molecule has 0 saturated carbocycles. The van der Waals surface area contributed by atoms with Crippen molar-refractivity contribution < 1.29 is 0 Å². The van der Waals surface area contributed by atoms with Gasteiger partial charge in [0.25, 0.3) is 0 Å². The van der Waals surface area contributed by atoms with E-state index in [0.29, 0.717) is 6.04 Å². The van der Waals surface area contributed by atoms with Crippen LogP contribution in [0.1, 0.15) is 24.6 Å². The predicted octanol–water partition coefficient (Wildman–Crippen LogP) is 4.30. The van der Waals surface area contributed by atoms with E-state index < -0.39 is 0 Å². The van der Waals surface area contributed by atoms with Crippen LogP contribution in [0, 0.1) is 0 Å². The third-order valence-electron chi connectivity index (χ3n) is 4.01. The van der Waals surface area contributed by atoms with Gasteiger partial charge >= 0.3 is 0 Å². The van der Waals surface area contributed by atoms with Crippen molar-refractivity contribution >= 4 is 49.6 Å². The van der Waals surface area contributed by atoms with Gasteiger partial charge in [-0.05, 0) is 59.3 Å². The highest BCUT2D eigenvalue weighted by Gasteiger charge is 2.20. The molecule has 24 heavy (non-hydrogen) atoms. The molecule has 4 nitrogen and oxygen atoms in total. The van der Waals surface area contributed by atoms with Gasteiger partial charge in [0.15, 0.2) is 5.96 Å². The Morgan fingerprint density at radius 3 is 2.83 bits per heavy atom. The highest BCUT2D eigenvalue weighted by Crippen LogP contribution is 2.25. The van der Waals surface area contributed by atoms with E-state index in [2.05, 4.69) is 67.3 Å². The Hall–Kier alpha value is -1.05. The van der Waals surface area contributed by atoms with Gasteiger partial charge < -0.3 is 15.5 Å². The van der Waals surface area contributed by atoms with Crippen LogP contribution in [0.3, 0.4) is 0 Å². The van der Waals surface area contributed by atoms with Crippen molar-refractivity contribution in [1.82, 2.24) is 10.6 Å². The molecule has 2 N–H and O–H groups in total. The second-order valence-corrected chi connectivity index (χ2v) is 8.62. The number of aliphatic imine (C=N–C) groups is 1. The van der Waals surface area contributed by atoms with Crippen LogP contribution in [-0.4, -0.2) is 31.6 Å². The number of nitrogens with zero attached hydrogens (tertiary/aromatic N) is 2. The minimum absolute atomic E-state index is 0.495. The van der Waals surface area contributed by atoms with Gasteiger partial charge in [0.2, 0.25) is 0 Å². The first kappa shape index (κ1) is 17.8. The average Bonchev–Trinajstić information content (AvgIpc) is 3.25. The molecule has 3 heterocycles. The third kappa shape index (κ3) is 4.97. The predicted molar refractivity (Wildman–Crippen MR) is 110 cm³/mol. The van der Waals surface area contributed by atoms with Gasteiger partial charge in [0.05, 0.1) is 11.5 Å². The number of piperidine rings is 1. The Morgan fingerprint density at radius 1 is 1.38 bits per heavy atom. The lowest BCUT2D eigenvalue weighted by atomic mass is 10.1. The van der Waals surface area contributed by atoms with Crippen molar-refractivity contribution in [2.75, 3.05) is 24.5 Å². The summed E-state index contributed by atoms with van der Waals surface area (Å²) in [6.07, 6.45) is 2.29. The number of halogens is 1. The first-order valence-electron chi connectivity index (χ1n) is 8.31. The second kappa shape index (κ2) is 8.87. The van der Waals surface area contributed by atoms with Crippen molar-refractivity contribution in [2.24, 2.45) is 4.99 Å². The molecule has 7 heteroatoms. The molecule has 0 radical (unpaired) electrons. The lowest BCUT2D eigenvalue weighted by Gasteiger charge is -2.33. The van der Waals surface area contributed by atoms with Gasteiger partial charge in [-0.3, -0.25) is 0 Å². The molecule has 0 atom stereocenters. The smallest absolute Gasteiger partial charge is 0.191 e. The van der Waals surface area contributed by atoms with Crippen molar-refractivity contribution in [3.63, 3.8) is 0 Å². The monoisotopic (exact) mass is 426 g/mol. The van der Waals surface area contributed by atoms with Gasteiger partial charge in [0, 0.05) is 40.4 Å². The minimum atomic E-state index is 0.495. The summed E-state index contributed by atoms with van der Waals surface area (Å²) >= 11 is 7.06. The van der Waals surface area contributed by atoms with Crippen LogP contribution in [0.4, 0.5) is 5.00 Å². The van der Waals surface area contributed by atoms with Crippen LogP contribution >= 0.6 is 38.6 Å². The zero-order valence-electron chi connectivity index (χ0n) is 13.8. The summed E-state index contributed by atoms with van der Waals surface area (Å²) in [5.74, 6) is 0.927. The zero-order valence-corrected chi connectivity index (χ0v) is 17.0. The topological polar surface area (TPSA) is 39.7 Å². The molecule has 0 unspecified atom stereocenters. The minimum Gasteiger partial charge on any atom is -0.363 e. The Bertz CT molecular complexity index is 645. The maximum absolute atomic E-state index is 4.73. The molecule has 0 bridgehead atoms. The number of guanidine groups is 1. The van der Waals surface area contributed by atoms with Crippen molar-refractivity contribution in [2.45, 2.75) is 32.4 Å². The number of rotatable bonds is 5. The Balaban J connectivity index is 1.52. The third-order valence-corrected chi connectivity index (χ3v) is 6.62. The summed E-state index contributed by atoms with van der Waals surface area (Å²) in [6.45, 7) is 5.93. The Kier molecular flexibility index (Phi) is 6.57. The van der Waals surface area contributed by atoms with Crippen molar-refractivity contribution in [1.29, 1.82) is 0 Å². The van der Waals surface area contributed by atoms with Crippen LogP contribution < -0.4 is 15.5 Å². The molecule has 2 aromatic rings. The molecule has 0 spiro atoms. The van der Waals surface area contributed by atoms with E-state index in [-0.39, 0.29) is 0 Å². The van der Waals surface area contributed by atoms with E-state index in [1.165, 1.54) is 9.88 Å². The molecule has 3 rings (SSSR count). The number of nitrogens with one attached hydrogen (secondary N) is 2. The quantitative estimate of drug-likeness (QED) is 0.552. The van der Waals surface area contributed by atoms with Crippen LogP contribution in [0.5, 0.6) is 0 Å². The highest BCUT2D eigenvalue weighted by molar-refractivity contribution is 9.10. The number of anilines is 1. The largest absolute Gasteiger partial charge is 0.363 e. The molecule has 1 aliphatic rings. The van der Waals surface area contributed by atoms with Crippen LogP contribution in [0.2, 0.25) is 0 Å². The highest BCUT2D eigenvalue weighted by atomic mass is 79.9. The summed E-state index contributed by atoms with van der Waals surface area (Å²) in [5.41, 5.74) is 0. The first-order valence-corrected chi connectivity index (χ1v) is 10.9. The SMILES string of the molecule is CCNC(=NCc1cc(Br)cs1)NC1CCN(c2cccs2)CC1. The lowest BCUT2D eigenvalue weighted by Crippen LogP contribution is -2.48. The van der Waals surface area contributed by atoms with Gasteiger partial charge in [-0.15, -0.1) is 22.7 Å². The van der Waals surface area contributed by atoms with Gasteiger partial charge in [-0.1, -0.05) is 0 Å². The Morgan fingerprint density at radius 2 is 2.21 bits per heavy atom. The molecule has 0 aromatic carbocycles. The van der Waals surface area contributed by atoms with Crippen LogP contribution in [0.25, 0.3) is 0 Å². The molecule has 1 fully saturated rings. The fourth-order valence-electron chi connectivity index (χ4n) is 2.80. The molecule has 130 valence electrons. The average molecular weight is 427 g/mol. The summed E-state index contributed by atoms with van der Waals surface area (Å²) in [6, 6.07) is 6.97. The van der Waals surface area contributed by atoms with E-state index >= 15 is 0 Å². The van der Waals surface area contributed by atoms with Gasteiger partial charge in [-0.25, -0.2) is 4.99 Å². The molecule has 1 aliphatic heterocycles.